The molecule has 1 heterocycles. The molecule has 0 bridgehead atoms. The van der Waals surface area contributed by atoms with Crippen LogP contribution in [0.1, 0.15) is 23.9 Å². The van der Waals surface area contributed by atoms with Gasteiger partial charge in [0.2, 0.25) is 0 Å². The summed E-state index contributed by atoms with van der Waals surface area (Å²) in [5.74, 6) is 0. The van der Waals surface area contributed by atoms with E-state index in [1.54, 1.807) is 0 Å². The molecule has 0 saturated carbocycles. The first-order valence-electron chi connectivity index (χ1n) is 6.66. The number of alkyl halides is 1. The highest BCUT2D eigenvalue weighted by molar-refractivity contribution is 9.10. The highest BCUT2D eigenvalue weighted by Crippen LogP contribution is 2.29. The van der Waals surface area contributed by atoms with Crippen molar-refractivity contribution in [2.24, 2.45) is 0 Å². The molecule has 1 aromatic carbocycles. The van der Waals surface area contributed by atoms with Crippen molar-refractivity contribution in [2.45, 2.75) is 25.7 Å². The van der Waals surface area contributed by atoms with Crippen LogP contribution in [0.2, 0.25) is 0 Å². The van der Waals surface area contributed by atoms with E-state index >= 15 is 0 Å². The number of nitrogens with zero attached hydrogens (tertiary/aromatic N) is 2. The molecule has 2 nitrogen and oxygen atoms in total. The molecule has 0 radical (unpaired) electrons. The van der Waals surface area contributed by atoms with Gasteiger partial charge in [-0.05, 0) is 59.6 Å². The normalized spacial score (nSPS) is 10.6. The van der Waals surface area contributed by atoms with Crippen molar-refractivity contribution in [3.63, 3.8) is 0 Å². The predicted molar refractivity (Wildman–Crippen MR) is 92.5 cm³/mol. The van der Waals surface area contributed by atoms with E-state index in [9.17, 15) is 0 Å². The lowest BCUT2D eigenvalue weighted by Crippen LogP contribution is -2.23. The monoisotopic (exact) mass is 396 g/mol. The van der Waals surface area contributed by atoms with Crippen LogP contribution in [0.4, 0.5) is 5.69 Å². The lowest BCUT2D eigenvalue weighted by Gasteiger charge is -2.24. The van der Waals surface area contributed by atoms with Crippen LogP contribution in [0, 0.1) is 6.92 Å². The number of benzene rings is 1. The number of hydrogen-bond acceptors (Lipinski definition) is 2. The van der Waals surface area contributed by atoms with Gasteiger partial charge in [0.05, 0.1) is 17.9 Å². The van der Waals surface area contributed by atoms with Gasteiger partial charge in [0, 0.05) is 22.0 Å². The second kappa shape index (κ2) is 7.23. The summed E-state index contributed by atoms with van der Waals surface area (Å²) in [5.41, 5.74) is 4.64. The van der Waals surface area contributed by atoms with E-state index in [2.05, 4.69) is 79.0 Å². The fourth-order valence-corrected chi connectivity index (χ4v) is 3.17. The van der Waals surface area contributed by atoms with Crippen molar-refractivity contribution in [2.75, 3.05) is 11.4 Å². The fraction of sp³-hybridized carbons (Fsp3) is 0.312. The summed E-state index contributed by atoms with van der Waals surface area (Å²) in [6.07, 6.45) is 0. The lowest BCUT2D eigenvalue weighted by atomic mass is 10.2. The van der Waals surface area contributed by atoms with E-state index < -0.39 is 0 Å². The lowest BCUT2D eigenvalue weighted by molar-refractivity contribution is 0.803. The Hall–Kier alpha value is -0.870. The first-order chi connectivity index (χ1) is 9.63. The van der Waals surface area contributed by atoms with Crippen LogP contribution in [0.5, 0.6) is 0 Å². The molecule has 2 rings (SSSR count). The quantitative estimate of drug-likeness (QED) is 0.654. The van der Waals surface area contributed by atoms with Gasteiger partial charge in [-0.15, -0.1) is 0 Å². The van der Waals surface area contributed by atoms with Crippen LogP contribution in [-0.2, 0) is 11.9 Å². The molecule has 2 aromatic rings. The third kappa shape index (κ3) is 3.83. The van der Waals surface area contributed by atoms with Gasteiger partial charge in [0.25, 0.3) is 0 Å². The number of aryl methyl sites for hydroxylation is 1. The standard InChI is InChI=1S/C16H18Br2N2/c1-3-20(11-14-6-4-5-12(2)19-14)16-8-7-13(10-17)9-15(16)18/h4-9H,3,10-11H2,1-2H3. The number of hydrogen-bond donors (Lipinski definition) is 0. The Balaban J connectivity index is 2.24. The van der Waals surface area contributed by atoms with Crippen molar-refractivity contribution in [3.05, 3.63) is 57.8 Å². The van der Waals surface area contributed by atoms with Gasteiger partial charge in [0.15, 0.2) is 0 Å². The first-order valence-corrected chi connectivity index (χ1v) is 8.57. The second-order valence-corrected chi connectivity index (χ2v) is 6.12. The molecular formula is C16H18Br2N2. The zero-order valence-electron chi connectivity index (χ0n) is 11.7. The molecule has 20 heavy (non-hydrogen) atoms. The molecule has 0 saturated heterocycles. The molecule has 0 unspecified atom stereocenters. The van der Waals surface area contributed by atoms with Crippen molar-refractivity contribution in [3.8, 4) is 0 Å². The summed E-state index contributed by atoms with van der Waals surface area (Å²) in [6.45, 7) is 5.97. The summed E-state index contributed by atoms with van der Waals surface area (Å²) in [4.78, 5) is 6.91. The minimum absolute atomic E-state index is 0.824. The first kappa shape index (κ1) is 15.5. The van der Waals surface area contributed by atoms with E-state index in [-0.39, 0.29) is 0 Å². The molecule has 0 aliphatic carbocycles. The Kier molecular flexibility index (Phi) is 5.61. The third-order valence-electron chi connectivity index (χ3n) is 3.19. The molecule has 106 valence electrons. The Morgan fingerprint density at radius 1 is 1.20 bits per heavy atom. The molecule has 0 atom stereocenters. The molecular weight excluding hydrogens is 380 g/mol. The predicted octanol–water partition coefficient (Wildman–Crippen LogP) is 5.07. The minimum Gasteiger partial charge on any atom is -0.365 e. The SMILES string of the molecule is CCN(Cc1cccc(C)n1)c1ccc(CBr)cc1Br. The maximum Gasteiger partial charge on any atom is 0.0602 e. The van der Waals surface area contributed by atoms with Crippen LogP contribution in [0.15, 0.2) is 40.9 Å². The number of anilines is 1. The van der Waals surface area contributed by atoms with E-state index in [0.29, 0.717) is 0 Å². The molecule has 0 amide bonds. The molecule has 4 heteroatoms. The summed E-state index contributed by atoms with van der Waals surface area (Å²) >= 11 is 7.16. The number of aromatic nitrogens is 1. The van der Waals surface area contributed by atoms with E-state index in [1.165, 1.54) is 11.3 Å². The maximum atomic E-state index is 4.59. The van der Waals surface area contributed by atoms with E-state index in [1.807, 2.05) is 13.0 Å². The average molecular weight is 398 g/mol. The summed E-state index contributed by atoms with van der Waals surface area (Å²) < 4.78 is 1.13. The van der Waals surface area contributed by atoms with Crippen molar-refractivity contribution >= 4 is 37.5 Å². The number of rotatable bonds is 5. The molecule has 0 aliphatic heterocycles. The molecule has 0 fully saturated rings. The maximum absolute atomic E-state index is 4.59. The van der Waals surface area contributed by atoms with Crippen LogP contribution in [0.3, 0.4) is 0 Å². The Morgan fingerprint density at radius 2 is 2.00 bits per heavy atom. The molecule has 0 aliphatic rings. The number of halogens is 2. The van der Waals surface area contributed by atoms with E-state index in [0.717, 1.165) is 34.3 Å². The Labute approximate surface area is 137 Å². The van der Waals surface area contributed by atoms with Crippen LogP contribution in [-0.4, -0.2) is 11.5 Å². The topological polar surface area (TPSA) is 16.1 Å². The van der Waals surface area contributed by atoms with Gasteiger partial charge in [-0.3, -0.25) is 4.98 Å². The second-order valence-electron chi connectivity index (χ2n) is 4.70. The summed E-state index contributed by atoms with van der Waals surface area (Å²) in [6, 6.07) is 12.7. The van der Waals surface area contributed by atoms with Crippen molar-refractivity contribution < 1.29 is 0 Å². The third-order valence-corrected chi connectivity index (χ3v) is 4.47. The van der Waals surface area contributed by atoms with Gasteiger partial charge in [0.1, 0.15) is 0 Å². The highest BCUT2D eigenvalue weighted by Gasteiger charge is 2.10. The van der Waals surface area contributed by atoms with Crippen LogP contribution >= 0.6 is 31.9 Å². The van der Waals surface area contributed by atoms with E-state index in [4.69, 9.17) is 0 Å². The summed E-state index contributed by atoms with van der Waals surface area (Å²) in [5, 5.41) is 0.872. The average Bonchev–Trinajstić information content (AvgIpc) is 2.45. The Bertz CT molecular complexity index is 584. The van der Waals surface area contributed by atoms with Gasteiger partial charge in [-0.1, -0.05) is 28.1 Å². The molecule has 0 spiro atoms. The zero-order chi connectivity index (χ0) is 14.5. The van der Waals surface area contributed by atoms with Crippen LogP contribution < -0.4 is 4.90 Å². The van der Waals surface area contributed by atoms with Gasteiger partial charge >= 0.3 is 0 Å². The number of pyridine rings is 1. The van der Waals surface area contributed by atoms with Gasteiger partial charge < -0.3 is 4.90 Å². The highest BCUT2D eigenvalue weighted by atomic mass is 79.9. The van der Waals surface area contributed by atoms with Crippen molar-refractivity contribution in [1.82, 2.24) is 4.98 Å². The van der Waals surface area contributed by atoms with Crippen molar-refractivity contribution in [1.29, 1.82) is 0 Å². The zero-order valence-corrected chi connectivity index (χ0v) is 14.9. The van der Waals surface area contributed by atoms with Crippen LogP contribution in [0.25, 0.3) is 0 Å². The molecule has 1 aromatic heterocycles. The Morgan fingerprint density at radius 3 is 2.60 bits per heavy atom. The minimum atomic E-state index is 0.824. The smallest absolute Gasteiger partial charge is 0.0602 e. The largest absolute Gasteiger partial charge is 0.365 e. The summed E-state index contributed by atoms with van der Waals surface area (Å²) in [7, 11) is 0. The fourth-order valence-electron chi connectivity index (χ4n) is 2.14. The van der Waals surface area contributed by atoms with Gasteiger partial charge in [-0.25, -0.2) is 0 Å². The molecule has 0 N–H and O–H groups in total. The van der Waals surface area contributed by atoms with Gasteiger partial charge in [-0.2, -0.15) is 0 Å².